The maximum absolute atomic E-state index is 10.9. The SMILES string of the molecule is COc1ccc(-c2nnc(/C=C/C(=O)O)o2)cc1[N+](=O)[O-]. The summed E-state index contributed by atoms with van der Waals surface area (Å²) in [5, 5.41) is 26.7. The predicted molar refractivity (Wildman–Crippen MR) is 69.6 cm³/mol. The number of hydrogen-bond acceptors (Lipinski definition) is 7. The molecule has 0 spiro atoms. The second-order valence-electron chi connectivity index (χ2n) is 3.76. The van der Waals surface area contributed by atoms with Gasteiger partial charge in [0.05, 0.1) is 12.0 Å². The van der Waals surface area contributed by atoms with Gasteiger partial charge in [-0.25, -0.2) is 4.79 Å². The summed E-state index contributed by atoms with van der Waals surface area (Å²) in [6.07, 6.45) is 1.96. The van der Waals surface area contributed by atoms with Crippen LogP contribution in [0.3, 0.4) is 0 Å². The van der Waals surface area contributed by atoms with Crippen LogP contribution in [0.5, 0.6) is 5.75 Å². The highest BCUT2D eigenvalue weighted by Gasteiger charge is 2.18. The predicted octanol–water partition coefficient (Wildman–Crippen LogP) is 1.75. The summed E-state index contributed by atoms with van der Waals surface area (Å²) in [5.74, 6) is -1.04. The fourth-order valence-electron chi connectivity index (χ4n) is 1.53. The van der Waals surface area contributed by atoms with Crippen molar-refractivity contribution >= 4 is 17.7 Å². The van der Waals surface area contributed by atoms with E-state index < -0.39 is 10.9 Å². The van der Waals surface area contributed by atoms with Gasteiger partial charge in [0.25, 0.3) is 0 Å². The molecule has 0 aliphatic carbocycles. The second-order valence-corrected chi connectivity index (χ2v) is 3.76. The van der Waals surface area contributed by atoms with E-state index in [0.29, 0.717) is 5.56 Å². The number of carboxylic acids is 1. The van der Waals surface area contributed by atoms with Gasteiger partial charge in [-0.3, -0.25) is 10.1 Å². The number of rotatable bonds is 5. The van der Waals surface area contributed by atoms with E-state index in [2.05, 4.69) is 10.2 Å². The number of carbonyl (C=O) groups is 1. The van der Waals surface area contributed by atoms with Gasteiger partial charge in [-0.05, 0) is 12.1 Å². The van der Waals surface area contributed by atoms with Crippen LogP contribution in [0.2, 0.25) is 0 Å². The molecular weight excluding hydrogens is 282 g/mol. The topological polar surface area (TPSA) is 129 Å². The summed E-state index contributed by atoms with van der Waals surface area (Å²) in [4.78, 5) is 20.7. The Morgan fingerprint density at radius 3 is 2.86 bits per heavy atom. The summed E-state index contributed by atoms with van der Waals surface area (Å²) in [5.41, 5.74) is 0.0841. The first-order chi connectivity index (χ1) is 10.0. The molecule has 21 heavy (non-hydrogen) atoms. The minimum Gasteiger partial charge on any atom is -0.490 e. The van der Waals surface area contributed by atoms with E-state index in [-0.39, 0.29) is 23.2 Å². The molecule has 9 nitrogen and oxygen atoms in total. The number of nitro groups is 1. The molecule has 0 bridgehead atoms. The van der Waals surface area contributed by atoms with Crippen LogP contribution in [0.4, 0.5) is 5.69 Å². The Bertz CT molecular complexity index is 722. The Morgan fingerprint density at radius 2 is 2.24 bits per heavy atom. The summed E-state index contributed by atoms with van der Waals surface area (Å²) in [6.45, 7) is 0. The summed E-state index contributed by atoms with van der Waals surface area (Å²) in [7, 11) is 1.32. The molecular formula is C12H9N3O6. The minimum atomic E-state index is -1.16. The van der Waals surface area contributed by atoms with Crippen molar-refractivity contribution in [3.05, 3.63) is 40.3 Å². The van der Waals surface area contributed by atoms with Crippen molar-refractivity contribution in [1.82, 2.24) is 10.2 Å². The Labute approximate surface area is 117 Å². The molecule has 1 N–H and O–H groups in total. The Kier molecular flexibility index (Phi) is 3.93. The molecule has 0 unspecified atom stereocenters. The number of carboxylic acid groups (broad SMARTS) is 1. The molecule has 2 aromatic rings. The molecule has 0 aliphatic rings. The molecule has 0 fully saturated rings. The highest BCUT2D eigenvalue weighted by atomic mass is 16.6. The molecule has 0 saturated heterocycles. The molecule has 1 aromatic carbocycles. The van der Waals surface area contributed by atoms with E-state index in [0.717, 1.165) is 12.2 Å². The average Bonchev–Trinajstić information content (AvgIpc) is 2.93. The van der Waals surface area contributed by atoms with Crippen molar-refractivity contribution in [2.75, 3.05) is 7.11 Å². The lowest BCUT2D eigenvalue weighted by atomic mass is 10.2. The van der Waals surface area contributed by atoms with E-state index in [1.54, 1.807) is 0 Å². The van der Waals surface area contributed by atoms with Crippen molar-refractivity contribution in [1.29, 1.82) is 0 Å². The number of ether oxygens (including phenoxy) is 1. The first-order valence-corrected chi connectivity index (χ1v) is 5.58. The highest BCUT2D eigenvalue weighted by Crippen LogP contribution is 2.31. The average molecular weight is 291 g/mol. The monoisotopic (exact) mass is 291 g/mol. The normalized spacial score (nSPS) is 10.7. The third kappa shape index (κ3) is 3.21. The van der Waals surface area contributed by atoms with Crippen LogP contribution in [0.15, 0.2) is 28.7 Å². The quantitative estimate of drug-likeness (QED) is 0.501. The molecule has 1 aromatic heterocycles. The van der Waals surface area contributed by atoms with Gasteiger partial charge in [-0.1, -0.05) is 0 Å². The summed E-state index contributed by atoms with van der Waals surface area (Å²) >= 11 is 0. The lowest BCUT2D eigenvalue weighted by Crippen LogP contribution is -1.94. The number of hydrogen-bond donors (Lipinski definition) is 1. The van der Waals surface area contributed by atoms with Crippen molar-refractivity contribution in [2.45, 2.75) is 0 Å². The van der Waals surface area contributed by atoms with Crippen LogP contribution >= 0.6 is 0 Å². The highest BCUT2D eigenvalue weighted by molar-refractivity contribution is 5.84. The standard InChI is InChI=1S/C12H9N3O6/c1-20-9-3-2-7(6-8(9)15(18)19)12-14-13-10(21-12)4-5-11(16)17/h2-6H,1H3,(H,16,17)/b5-4+. The van der Waals surface area contributed by atoms with Crippen LogP contribution in [0.25, 0.3) is 17.5 Å². The number of methoxy groups -OCH3 is 1. The van der Waals surface area contributed by atoms with Crippen LogP contribution in [-0.4, -0.2) is 33.3 Å². The van der Waals surface area contributed by atoms with Crippen molar-refractivity contribution in [3.63, 3.8) is 0 Å². The molecule has 0 atom stereocenters. The van der Waals surface area contributed by atoms with E-state index in [9.17, 15) is 14.9 Å². The molecule has 0 saturated carbocycles. The fourth-order valence-corrected chi connectivity index (χ4v) is 1.53. The maximum atomic E-state index is 10.9. The van der Waals surface area contributed by atoms with Crippen molar-refractivity contribution in [3.8, 4) is 17.2 Å². The van der Waals surface area contributed by atoms with Gasteiger partial charge in [0, 0.05) is 23.8 Å². The van der Waals surface area contributed by atoms with E-state index in [1.807, 2.05) is 0 Å². The van der Waals surface area contributed by atoms with Gasteiger partial charge >= 0.3 is 11.7 Å². The summed E-state index contributed by atoms with van der Waals surface area (Å²) < 4.78 is 10.1. The Morgan fingerprint density at radius 1 is 1.48 bits per heavy atom. The Balaban J connectivity index is 2.36. The van der Waals surface area contributed by atoms with Crippen molar-refractivity contribution < 1.29 is 24.0 Å². The molecule has 108 valence electrons. The zero-order valence-corrected chi connectivity index (χ0v) is 10.7. The van der Waals surface area contributed by atoms with Crippen LogP contribution in [0, 0.1) is 10.1 Å². The maximum Gasteiger partial charge on any atom is 0.328 e. The molecule has 2 rings (SSSR count). The molecule has 9 heteroatoms. The molecule has 0 radical (unpaired) electrons. The lowest BCUT2D eigenvalue weighted by molar-refractivity contribution is -0.385. The van der Waals surface area contributed by atoms with Crippen LogP contribution in [-0.2, 0) is 4.79 Å². The molecule has 0 aliphatic heterocycles. The number of nitrogens with zero attached hydrogens (tertiary/aromatic N) is 3. The summed E-state index contributed by atoms with van der Waals surface area (Å²) in [6, 6.07) is 4.16. The van der Waals surface area contributed by atoms with Gasteiger partial charge in [-0.15, -0.1) is 10.2 Å². The first-order valence-electron chi connectivity index (χ1n) is 5.58. The van der Waals surface area contributed by atoms with Gasteiger partial charge in [-0.2, -0.15) is 0 Å². The number of benzene rings is 1. The number of nitro benzene ring substituents is 1. The zero-order valence-electron chi connectivity index (χ0n) is 10.7. The number of aromatic nitrogens is 2. The van der Waals surface area contributed by atoms with Gasteiger partial charge < -0.3 is 14.3 Å². The third-order valence-corrected chi connectivity index (χ3v) is 2.43. The second kappa shape index (κ2) is 5.82. The van der Waals surface area contributed by atoms with Gasteiger partial charge in [0.15, 0.2) is 5.75 Å². The smallest absolute Gasteiger partial charge is 0.328 e. The Hall–Kier alpha value is -3.23. The molecule has 1 heterocycles. The van der Waals surface area contributed by atoms with Crippen molar-refractivity contribution in [2.24, 2.45) is 0 Å². The van der Waals surface area contributed by atoms with E-state index in [4.69, 9.17) is 14.3 Å². The largest absolute Gasteiger partial charge is 0.490 e. The van der Waals surface area contributed by atoms with E-state index >= 15 is 0 Å². The van der Waals surface area contributed by atoms with Crippen LogP contribution in [0.1, 0.15) is 5.89 Å². The van der Waals surface area contributed by atoms with Gasteiger partial charge in [0.2, 0.25) is 11.8 Å². The minimum absolute atomic E-state index is 0.0223. The zero-order chi connectivity index (χ0) is 15.4. The fraction of sp³-hybridized carbons (Fsp3) is 0.0833. The third-order valence-electron chi connectivity index (χ3n) is 2.43. The lowest BCUT2D eigenvalue weighted by Gasteiger charge is -2.02. The van der Waals surface area contributed by atoms with E-state index in [1.165, 1.54) is 25.3 Å². The molecule has 0 amide bonds. The number of aliphatic carboxylic acids is 1. The first kappa shape index (κ1) is 14.2. The van der Waals surface area contributed by atoms with Gasteiger partial charge in [0.1, 0.15) is 0 Å². The van der Waals surface area contributed by atoms with Crippen LogP contribution < -0.4 is 4.74 Å².